The molecular formula is C12H13N5O. The second kappa shape index (κ2) is 4.25. The molecule has 4 N–H and O–H groups in total. The molecule has 0 aliphatic rings. The number of para-hydroxylation sites is 1. The van der Waals surface area contributed by atoms with Gasteiger partial charge in [-0.15, -0.1) is 0 Å². The summed E-state index contributed by atoms with van der Waals surface area (Å²) in [5.74, 6) is 6.28. The Hall–Kier alpha value is -2.18. The van der Waals surface area contributed by atoms with Crippen LogP contribution < -0.4 is 11.3 Å². The lowest BCUT2D eigenvalue weighted by molar-refractivity contribution is 0.470. The maximum absolute atomic E-state index is 5.85. The Labute approximate surface area is 103 Å². The fraction of sp³-hybridized carbons (Fsp3) is 0.167. The van der Waals surface area contributed by atoms with Crippen LogP contribution in [0.2, 0.25) is 0 Å². The smallest absolute Gasteiger partial charge is 0.137 e. The molecule has 3 rings (SSSR count). The quantitative estimate of drug-likeness (QED) is 0.478. The summed E-state index contributed by atoms with van der Waals surface area (Å²) >= 11 is 0. The summed E-state index contributed by atoms with van der Waals surface area (Å²) < 4.78 is 5.85. The van der Waals surface area contributed by atoms with Crippen LogP contribution >= 0.6 is 0 Å². The molecule has 2 heterocycles. The predicted molar refractivity (Wildman–Crippen MR) is 66.5 cm³/mol. The van der Waals surface area contributed by atoms with Gasteiger partial charge in [0.2, 0.25) is 0 Å². The van der Waals surface area contributed by atoms with E-state index < -0.39 is 0 Å². The zero-order chi connectivity index (χ0) is 12.5. The van der Waals surface area contributed by atoms with Crippen molar-refractivity contribution < 1.29 is 4.42 Å². The van der Waals surface area contributed by atoms with E-state index in [1.165, 1.54) is 0 Å². The first-order valence-electron chi connectivity index (χ1n) is 5.60. The second-order valence-electron chi connectivity index (χ2n) is 4.14. The zero-order valence-electron chi connectivity index (χ0n) is 9.84. The molecule has 2 aromatic heterocycles. The maximum Gasteiger partial charge on any atom is 0.137 e. The third-order valence-corrected chi connectivity index (χ3v) is 2.94. The lowest BCUT2D eigenvalue weighted by Gasteiger charge is -2.08. The van der Waals surface area contributed by atoms with Crippen LogP contribution in [0.5, 0.6) is 0 Å². The molecule has 0 fully saturated rings. The van der Waals surface area contributed by atoms with Gasteiger partial charge in [0, 0.05) is 5.39 Å². The molecule has 1 aromatic carbocycles. The number of H-pyrrole nitrogens is 1. The van der Waals surface area contributed by atoms with Gasteiger partial charge in [0.15, 0.2) is 0 Å². The minimum Gasteiger partial charge on any atom is -0.459 e. The van der Waals surface area contributed by atoms with E-state index in [4.69, 9.17) is 10.3 Å². The van der Waals surface area contributed by atoms with E-state index >= 15 is 0 Å². The van der Waals surface area contributed by atoms with E-state index in [2.05, 4.69) is 20.8 Å². The number of rotatable bonds is 3. The molecule has 0 spiro atoms. The number of nitrogens with one attached hydrogen (secondary N) is 2. The largest absolute Gasteiger partial charge is 0.459 e. The van der Waals surface area contributed by atoms with Crippen molar-refractivity contribution in [3.05, 3.63) is 47.5 Å². The first kappa shape index (κ1) is 10.9. The number of hydrazine groups is 1. The number of benzene rings is 1. The molecule has 18 heavy (non-hydrogen) atoms. The second-order valence-corrected chi connectivity index (χ2v) is 4.14. The third-order valence-electron chi connectivity index (χ3n) is 2.94. The van der Waals surface area contributed by atoms with Crippen LogP contribution in [0.3, 0.4) is 0 Å². The normalized spacial score (nSPS) is 13.0. The Morgan fingerprint density at radius 3 is 3.00 bits per heavy atom. The molecule has 0 saturated carbocycles. The zero-order valence-corrected chi connectivity index (χ0v) is 9.84. The molecule has 0 amide bonds. The number of fused-ring (bicyclic) bond motifs is 1. The minimum absolute atomic E-state index is 0.310. The van der Waals surface area contributed by atoms with Gasteiger partial charge in [0.05, 0.1) is 6.20 Å². The van der Waals surface area contributed by atoms with Gasteiger partial charge < -0.3 is 4.42 Å². The lowest BCUT2D eigenvalue weighted by atomic mass is 10.1. The van der Waals surface area contributed by atoms with Crippen LogP contribution in [-0.4, -0.2) is 15.4 Å². The Morgan fingerprint density at radius 1 is 1.44 bits per heavy atom. The van der Waals surface area contributed by atoms with Crippen molar-refractivity contribution in [3.8, 4) is 0 Å². The number of hydrogen-bond donors (Lipinski definition) is 3. The van der Waals surface area contributed by atoms with E-state index in [-0.39, 0.29) is 6.04 Å². The molecule has 0 aliphatic heterocycles. The van der Waals surface area contributed by atoms with Crippen molar-refractivity contribution in [2.75, 3.05) is 0 Å². The molecule has 1 unspecified atom stereocenters. The molecule has 6 heteroatoms. The van der Waals surface area contributed by atoms with Gasteiger partial charge >= 0.3 is 0 Å². The van der Waals surface area contributed by atoms with Crippen molar-refractivity contribution in [1.29, 1.82) is 0 Å². The number of aromatic nitrogens is 3. The molecule has 92 valence electrons. The van der Waals surface area contributed by atoms with Gasteiger partial charge in [0.1, 0.15) is 23.1 Å². The van der Waals surface area contributed by atoms with Crippen molar-refractivity contribution in [3.63, 3.8) is 0 Å². The van der Waals surface area contributed by atoms with Crippen LogP contribution in [0.25, 0.3) is 11.0 Å². The molecule has 0 bridgehead atoms. The summed E-state index contributed by atoms with van der Waals surface area (Å²) in [5.41, 5.74) is 5.34. The summed E-state index contributed by atoms with van der Waals surface area (Å²) in [6.07, 6.45) is 1.62. The molecule has 0 radical (unpaired) electrons. The highest BCUT2D eigenvalue weighted by Gasteiger charge is 2.19. The molecule has 0 aliphatic carbocycles. The van der Waals surface area contributed by atoms with Crippen LogP contribution in [0, 0.1) is 6.92 Å². The summed E-state index contributed by atoms with van der Waals surface area (Å²) in [6.45, 7) is 2.01. The predicted octanol–water partition coefficient (Wildman–Crippen LogP) is 1.41. The molecule has 3 aromatic rings. The first-order valence-corrected chi connectivity index (χ1v) is 5.60. The Morgan fingerprint density at radius 2 is 2.33 bits per heavy atom. The van der Waals surface area contributed by atoms with Crippen molar-refractivity contribution in [2.24, 2.45) is 5.84 Å². The average molecular weight is 243 g/mol. The molecule has 6 nitrogen and oxygen atoms in total. The first-order chi connectivity index (χ1) is 8.79. The summed E-state index contributed by atoms with van der Waals surface area (Å²) in [4.78, 5) is 0. The number of aryl methyl sites for hydroxylation is 1. The van der Waals surface area contributed by atoms with Crippen LogP contribution in [0.1, 0.15) is 23.1 Å². The number of nitrogens with zero attached hydrogens (tertiary/aromatic N) is 2. The number of nitrogens with two attached hydrogens (primary N) is 1. The Bertz CT molecular complexity index is 658. The van der Waals surface area contributed by atoms with Gasteiger partial charge in [0.25, 0.3) is 0 Å². The lowest BCUT2D eigenvalue weighted by Crippen LogP contribution is -2.28. The third kappa shape index (κ3) is 1.68. The summed E-state index contributed by atoms with van der Waals surface area (Å²) in [6, 6.07) is 7.66. The van der Waals surface area contributed by atoms with Crippen LogP contribution in [0.4, 0.5) is 0 Å². The fourth-order valence-corrected chi connectivity index (χ4v) is 2.03. The topological polar surface area (TPSA) is 92.8 Å². The van der Waals surface area contributed by atoms with E-state index in [1.54, 1.807) is 6.20 Å². The van der Waals surface area contributed by atoms with Gasteiger partial charge in [-0.2, -0.15) is 15.4 Å². The Balaban J connectivity index is 2.11. The van der Waals surface area contributed by atoms with Gasteiger partial charge in [-0.1, -0.05) is 18.2 Å². The molecule has 1 atom stereocenters. The fourth-order valence-electron chi connectivity index (χ4n) is 2.03. The monoisotopic (exact) mass is 243 g/mol. The van der Waals surface area contributed by atoms with Crippen molar-refractivity contribution in [2.45, 2.75) is 13.0 Å². The maximum atomic E-state index is 5.85. The van der Waals surface area contributed by atoms with E-state index in [0.717, 1.165) is 22.3 Å². The molecule has 0 saturated heterocycles. The van der Waals surface area contributed by atoms with Gasteiger partial charge in [-0.3, -0.25) is 5.84 Å². The van der Waals surface area contributed by atoms with Crippen molar-refractivity contribution in [1.82, 2.24) is 20.8 Å². The summed E-state index contributed by atoms with van der Waals surface area (Å²) in [5, 5.41) is 11.4. The van der Waals surface area contributed by atoms with E-state index in [0.29, 0.717) is 5.69 Å². The van der Waals surface area contributed by atoms with Gasteiger partial charge in [-0.05, 0) is 18.6 Å². The van der Waals surface area contributed by atoms with E-state index in [9.17, 15) is 0 Å². The highest BCUT2D eigenvalue weighted by atomic mass is 16.3. The van der Waals surface area contributed by atoms with Crippen LogP contribution in [0.15, 0.2) is 34.9 Å². The average Bonchev–Trinajstić information content (AvgIpc) is 3.00. The number of aromatic amines is 1. The van der Waals surface area contributed by atoms with Gasteiger partial charge in [-0.25, -0.2) is 5.43 Å². The highest BCUT2D eigenvalue weighted by molar-refractivity contribution is 5.81. The molecular weight excluding hydrogens is 230 g/mol. The summed E-state index contributed by atoms with van der Waals surface area (Å²) in [7, 11) is 0. The number of hydrogen-bond acceptors (Lipinski definition) is 5. The SMILES string of the molecule is Cc1cccc2cc(C(NN)c3cn[nH]n3)oc12. The van der Waals surface area contributed by atoms with Crippen molar-refractivity contribution >= 4 is 11.0 Å². The minimum atomic E-state index is -0.310. The van der Waals surface area contributed by atoms with Crippen LogP contribution in [-0.2, 0) is 0 Å². The highest BCUT2D eigenvalue weighted by Crippen LogP contribution is 2.28. The van der Waals surface area contributed by atoms with E-state index in [1.807, 2.05) is 31.2 Å². The standard InChI is InChI=1S/C12H13N5O/c1-7-3-2-4-8-5-10(18-12(7)8)11(15-13)9-6-14-17-16-9/h2-6,11,15H,13H2,1H3,(H,14,16,17). The number of furan rings is 1. The Kier molecular flexibility index (Phi) is 2.58.